The summed E-state index contributed by atoms with van der Waals surface area (Å²) in [5, 5.41) is 3.43. The predicted octanol–water partition coefficient (Wildman–Crippen LogP) is 1.33. The molecule has 1 heterocycles. The average Bonchev–Trinajstić information content (AvgIpc) is 2.70. The van der Waals surface area contributed by atoms with Crippen molar-refractivity contribution in [3.05, 3.63) is 18.2 Å². The molecule has 1 N–H and O–H groups in total. The molecule has 0 atom stereocenters. The molecular formula is C12H24N4. The van der Waals surface area contributed by atoms with Gasteiger partial charge in [0.1, 0.15) is 5.82 Å². The number of hydrogen-bond donors (Lipinski definition) is 1. The molecule has 1 aromatic heterocycles. The largest absolute Gasteiger partial charge is 0.334 e. The van der Waals surface area contributed by atoms with E-state index in [0.29, 0.717) is 0 Å². The molecule has 0 unspecified atom stereocenters. The Balaban J connectivity index is 2.07. The normalized spacial score (nSPS) is 11.2. The van der Waals surface area contributed by atoms with Crippen molar-refractivity contribution in [2.75, 3.05) is 27.2 Å². The molecule has 4 nitrogen and oxygen atoms in total. The molecule has 16 heavy (non-hydrogen) atoms. The van der Waals surface area contributed by atoms with E-state index in [1.54, 1.807) is 0 Å². The second-order valence-electron chi connectivity index (χ2n) is 4.32. The fraction of sp³-hybridized carbons (Fsp3) is 0.750. The highest BCUT2D eigenvalue weighted by Gasteiger charge is 1.99. The van der Waals surface area contributed by atoms with Gasteiger partial charge >= 0.3 is 0 Å². The molecule has 0 aliphatic heterocycles. The van der Waals surface area contributed by atoms with Gasteiger partial charge in [-0.05, 0) is 47.0 Å². The van der Waals surface area contributed by atoms with Crippen molar-refractivity contribution in [2.24, 2.45) is 0 Å². The fourth-order valence-electron chi connectivity index (χ4n) is 1.67. The Morgan fingerprint density at radius 1 is 1.38 bits per heavy atom. The third-order valence-corrected chi connectivity index (χ3v) is 2.63. The second-order valence-corrected chi connectivity index (χ2v) is 4.32. The number of nitrogens with zero attached hydrogens (tertiary/aromatic N) is 3. The number of aryl methyl sites for hydroxylation is 1. The van der Waals surface area contributed by atoms with Crippen molar-refractivity contribution >= 4 is 0 Å². The highest BCUT2D eigenvalue weighted by molar-refractivity contribution is 4.91. The van der Waals surface area contributed by atoms with Crippen LogP contribution < -0.4 is 5.32 Å². The zero-order valence-corrected chi connectivity index (χ0v) is 10.7. The van der Waals surface area contributed by atoms with E-state index in [1.807, 2.05) is 12.4 Å². The molecule has 0 radical (unpaired) electrons. The van der Waals surface area contributed by atoms with Gasteiger partial charge in [-0.15, -0.1) is 0 Å². The van der Waals surface area contributed by atoms with Gasteiger partial charge in [-0.25, -0.2) is 4.98 Å². The number of rotatable bonds is 8. The molecular weight excluding hydrogens is 200 g/mol. The Labute approximate surface area is 98.7 Å². The number of nitrogens with one attached hydrogen (secondary N) is 1. The summed E-state index contributed by atoms with van der Waals surface area (Å²) in [4.78, 5) is 6.55. The number of unbranched alkanes of at least 4 members (excludes halogenated alkanes) is 1. The van der Waals surface area contributed by atoms with Crippen LogP contribution >= 0.6 is 0 Å². The first-order chi connectivity index (χ1) is 7.74. The van der Waals surface area contributed by atoms with E-state index in [9.17, 15) is 0 Å². The molecule has 0 fully saturated rings. The molecule has 0 bridgehead atoms. The van der Waals surface area contributed by atoms with Gasteiger partial charge in [0.15, 0.2) is 0 Å². The van der Waals surface area contributed by atoms with Crippen LogP contribution in [-0.2, 0) is 13.1 Å². The summed E-state index contributed by atoms with van der Waals surface area (Å²) in [7, 11) is 4.23. The van der Waals surface area contributed by atoms with Crippen molar-refractivity contribution in [2.45, 2.75) is 32.9 Å². The summed E-state index contributed by atoms with van der Waals surface area (Å²) in [5.74, 6) is 1.13. The van der Waals surface area contributed by atoms with Crippen molar-refractivity contribution in [1.29, 1.82) is 0 Å². The smallest absolute Gasteiger partial charge is 0.122 e. The molecule has 0 aliphatic rings. The van der Waals surface area contributed by atoms with Crippen LogP contribution in [0.3, 0.4) is 0 Å². The summed E-state index contributed by atoms with van der Waals surface area (Å²) in [6, 6.07) is 0. The maximum Gasteiger partial charge on any atom is 0.122 e. The first-order valence-electron chi connectivity index (χ1n) is 6.09. The van der Waals surface area contributed by atoms with Gasteiger partial charge in [0.25, 0.3) is 0 Å². The van der Waals surface area contributed by atoms with Gasteiger partial charge in [0, 0.05) is 18.9 Å². The summed E-state index contributed by atoms with van der Waals surface area (Å²) in [6.07, 6.45) is 6.38. The van der Waals surface area contributed by atoms with Crippen molar-refractivity contribution < 1.29 is 0 Å². The monoisotopic (exact) mass is 224 g/mol. The molecule has 1 aromatic rings. The number of hydrogen-bond acceptors (Lipinski definition) is 3. The fourth-order valence-corrected chi connectivity index (χ4v) is 1.67. The van der Waals surface area contributed by atoms with Crippen LogP contribution in [0.1, 0.15) is 25.6 Å². The highest BCUT2D eigenvalue weighted by Crippen LogP contribution is 1.97. The Kier molecular flexibility index (Phi) is 6.11. The first kappa shape index (κ1) is 13.2. The minimum atomic E-state index is 0.878. The maximum absolute atomic E-state index is 4.33. The Morgan fingerprint density at radius 2 is 2.19 bits per heavy atom. The van der Waals surface area contributed by atoms with Crippen LogP contribution in [-0.4, -0.2) is 41.6 Å². The van der Waals surface area contributed by atoms with Crippen molar-refractivity contribution in [1.82, 2.24) is 19.8 Å². The molecule has 0 amide bonds. The van der Waals surface area contributed by atoms with E-state index in [4.69, 9.17) is 0 Å². The van der Waals surface area contributed by atoms with Gasteiger partial charge in [-0.2, -0.15) is 0 Å². The third-order valence-electron chi connectivity index (χ3n) is 2.63. The van der Waals surface area contributed by atoms with E-state index in [1.165, 1.54) is 19.4 Å². The summed E-state index contributed by atoms with van der Waals surface area (Å²) in [6.45, 7) is 6.26. The van der Waals surface area contributed by atoms with Crippen LogP contribution in [0.4, 0.5) is 0 Å². The Morgan fingerprint density at radius 3 is 2.88 bits per heavy atom. The minimum Gasteiger partial charge on any atom is -0.334 e. The average molecular weight is 224 g/mol. The van der Waals surface area contributed by atoms with Crippen LogP contribution in [0.15, 0.2) is 12.4 Å². The molecule has 0 spiro atoms. The molecule has 0 saturated carbocycles. The lowest BCUT2D eigenvalue weighted by Crippen LogP contribution is -2.19. The lowest BCUT2D eigenvalue weighted by Gasteiger charge is -2.09. The zero-order valence-electron chi connectivity index (χ0n) is 10.7. The summed E-state index contributed by atoms with van der Waals surface area (Å²) < 4.78 is 2.17. The van der Waals surface area contributed by atoms with E-state index < -0.39 is 0 Å². The van der Waals surface area contributed by atoms with Crippen LogP contribution in [0.5, 0.6) is 0 Å². The number of imidazole rings is 1. The summed E-state index contributed by atoms with van der Waals surface area (Å²) in [5.41, 5.74) is 0. The lowest BCUT2D eigenvalue weighted by atomic mass is 10.3. The van der Waals surface area contributed by atoms with Crippen molar-refractivity contribution in [3.8, 4) is 0 Å². The van der Waals surface area contributed by atoms with Crippen LogP contribution in [0.25, 0.3) is 0 Å². The van der Waals surface area contributed by atoms with E-state index in [-0.39, 0.29) is 0 Å². The molecule has 0 saturated heterocycles. The maximum atomic E-state index is 4.33. The molecule has 0 aliphatic carbocycles. The predicted molar refractivity (Wildman–Crippen MR) is 67.4 cm³/mol. The zero-order chi connectivity index (χ0) is 11.8. The Bertz CT molecular complexity index is 280. The number of aromatic nitrogens is 2. The standard InChI is InChI=1S/C12H24N4/c1-4-16-10-8-14-12(16)11-13-7-5-6-9-15(2)3/h8,10,13H,4-7,9,11H2,1-3H3. The minimum absolute atomic E-state index is 0.878. The summed E-state index contributed by atoms with van der Waals surface area (Å²) >= 11 is 0. The lowest BCUT2D eigenvalue weighted by molar-refractivity contribution is 0.391. The van der Waals surface area contributed by atoms with E-state index in [0.717, 1.165) is 25.5 Å². The molecule has 1 rings (SSSR count). The molecule has 0 aromatic carbocycles. The highest BCUT2D eigenvalue weighted by atomic mass is 15.1. The molecule has 92 valence electrons. The van der Waals surface area contributed by atoms with Crippen molar-refractivity contribution in [3.63, 3.8) is 0 Å². The molecule has 4 heteroatoms. The van der Waals surface area contributed by atoms with Crippen LogP contribution in [0, 0.1) is 0 Å². The third kappa shape index (κ3) is 4.77. The van der Waals surface area contributed by atoms with E-state index in [2.05, 4.69) is 40.8 Å². The topological polar surface area (TPSA) is 33.1 Å². The van der Waals surface area contributed by atoms with Gasteiger partial charge in [-0.1, -0.05) is 0 Å². The van der Waals surface area contributed by atoms with Crippen LogP contribution in [0.2, 0.25) is 0 Å². The van der Waals surface area contributed by atoms with Gasteiger partial charge in [0.2, 0.25) is 0 Å². The van der Waals surface area contributed by atoms with Gasteiger partial charge in [0.05, 0.1) is 6.54 Å². The Hall–Kier alpha value is -0.870. The SMILES string of the molecule is CCn1ccnc1CNCCCCN(C)C. The van der Waals surface area contributed by atoms with Gasteiger partial charge < -0.3 is 14.8 Å². The van der Waals surface area contributed by atoms with Gasteiger partial charge in [-0.3, -0.25) is 0 Å². The quantitative estimate of drug-likeness (QED) is 0.676. The first-order valence-corrected chi connectivity index (χ1v) is 6.09. The second kappa shape index (κ2) is 7.41. The van der Waals surface area contributed by atoms with E-state index >= 15 is 0 Å².